The molecule has 102 valence electrons. The van der Waals surface area contributed by atoms with Crippen LogP contribution in [0.1, 0.15) is 6.42 Å². The third-order valence-corrected chi connectivity index (χ3v) is 5.35. The van der Waals surface area contributed by atoms with Crippen molar-refractivity contribution in [1.29, 1.82) is 0 Å². The fraction of sp³-hybridized carbons (Fsp3) is 0.889. The Kier molecular flexibility index (Phi) is 9.60. The van der Waals surface area contributed by atoms with E-state index in [-0.39, 0.29) is 0 Å². The van der Waals surface area contributed by atoms with Gasteiger partial charge in [0.2, 0.25) is 0 Å². The highest BCUT2D eigenvalue weighted by molar-refractivity contribution is 7.80. The second kappa shape index (κ2) is 9.74. The average Bonchev–Trinajstić information content (AvgIpc) is 2.33. The fourth-order valence-electron chi connectivity index (χ4n) is 1.39. The predicted molar refractivity (Wildman–Crippen MR) is 73.9 cm³/mol. The Labute approximate surface area is 110 Å². The minimum atomic E-state index is -2.40. The van der Waals surface area contributed by atoms with Crippen molar-refractivity contribution in [3.8, 4) is 0 Å². The molecule has 6 nitrogen and oxygen atoms in total. The lowest BCUT2D eigenvalue weighted by atomic mass is 10.4. The van der Waals surface area contributed by atoms with Gasteiger partial charge in [0.25, 0.3) is 0 Å². The molecule has 0 amide bonds. The van der Waals surface area contributed by atoms with E-state index in [4.69, 9.17) is 19.0 Å². The Morgan fingerprint density at radius 1 is 1.12 bits per heavy atom. The molecule has 0 fully saturated rings. The minimum Gasteiger partial charge on any atom is -0.377 e. The van der Waals surface area contributed by atoms with Crippen LogP contribution in [0.25, 0.3) is 0 Å². The number of hydrogen-bond acceptors (Lipinski definition) is 5. The van der Waals surface area contributed by atoms with E-state index < -0.39 is 8.80 Å². The summed E-state index contributed by atoms with van der Waals surface area (Å²) in [5.74, 6) is 0. The van der Waals surface area contributed by atoms with Crippen LogP contribution in [0, 0.1) is 0 Å². The highest BCUT2D eigenvalue weighted by atomic mass is 32.1. The molecule has 8 heteroatoms. The number of thiocarbonyl (C=S) groups is 1. The third-order valence-electron chi connectivity index (χ3n) is 2.37. The van der Waals surface area contributed by atoms with Gasteiger partial charge >= 0.3 is 8.80 Å². The van der Waals surface area contributed by atoms with Gasteiger partial charge in [-0.15, -0.1) is 0 Å². The molecule has 0 rings (SSSR count). The van der Waals surface area contributed by atoms with Crippen molar-refractivity contribution >= 4 is 26.1 Å². The number of hydrogen-bond donors (Lipinski definition) is 3. The van der Waals surface area contributed by atoms with Crippen molar-refractivity contribution < 1.29 is 13.3 Å². The van der Waals surface area contributed by atoms with Crippen LogP contribution in [0.4, 0.5) is 0 Å². The Bertz CT molecular complexity index is 209. The van der Waals surface area contributed by atoms with E-state index in [2.05, 4.69) is 22.9 Å². The van der Waals surface area contributed by atoms with Crippen LogP contribution in [-0.4, -0.2) is 54.9 Å². The van der Waals surface area contributed by atoms with Gasteiger partial charge in [0.1, 0.15) is 0 Å². The average molecular weight is 281 g/mol. The summed E-state index contributed by atoms with van der Waals surface area (Å²) in [6.07, 6.45) is 0.939. The first kappa shape index (κ1) is 16.7. The fourth-order valence-corrected chi connectivity index (χ4v) is 3.21. The molecule has 0 aliphatic heterocycles. The lowest BCUT2D eigenvalue weighted by Gasteiger charge is -2.24. The van der Waals surface area contributed by atoms with Crippen molar-refractivity contribution in [2.45, 2.75) is 12.5 Å². The van der Waals surface area contributed by atoms with Crippen molar-refractivity contribution in [2.24, 2.45) is 5.73 Å². The molecule has 0 spiro atoms. The minimum absolute atomic E-state index is 0.330. The molecular formula is C9H23N3O3SSi. The van der Waals surface area contributed by atoms with Gasteiger partial charge in [-0.3, -0.25) is 0 Å². The summed E-state index contributed by atoms with van der Waals surface area (Å²) in [6.45, 7) is 2.43. The van der Waals surface area contributed by atoms with Crippen LogP contribution >= 0.6 is 12.2 Å². The molecule has 0 aliphatic carbocycles. The van der Waals surface area contributed by atoms with Gasteiger partial charge in [0, 0.05) is 40.5 Å². The zero-order chi connectivity index (χ0) is 13.1. The van der Waals surface area contributed by atoms with Crippen LogP contribution in [0.3, 0.4) is 0 Å². The van der Waals surface area contributed by atoms with Crippen molar-refractivity contribution in [2.75, 3.05) is 41.0 Å². The Morgan fingerprint density at radius 2 is 1.71 bits per heavy atom. The molecule has 0 aromatic heterocycles. The zero-order valence-electron chi connectivity index (χ0n) is 10.7. The number of nitrogens with one attached hydrogen (secondary N) is 2. The standard InChI is InChI=1S/C9H23N3O3SSi/c1-13-17(14-2,15-3)8-4-5-11-6-7-12-9(10)16/h11H,4-8H2,1-3H3,(H3,10,12,16). The first-order valence-electron chi connectivity index (χ1n) is 5.49. The van der Waals surface area contributed by atoms with Crippen LogP contribution in [0.5, 0.6) is 0 Å². The lowest BCUT2D eigenvalue weighted by Crippen LogP contribution is -2.43. The molecule has 0 saturated carbocycles. The molecule has 0 radical (unpaired) electrons. The molecule has 0 atom stereocenters. The van der Waals surface area contributed by atoms with E-state index in [1.807, 2.05) is 0 Å². The van der Waals surface area contributed by atoms with Gasteiger partial charge in [-0.05, 0) is 25.2 Å². The molecule has 0 saturated heterocycles. The van der Waals surface area contributed by atoms with E-state index >= 15 is 0 Å². The van der Waals surface area contributed by atoms with Gasteiger partial charge in [-0.25, -0.2) is 0 Å². The van der Waals surface area contributed by atoms with Crippen molar-refractivity contribution in [3.05, 3.63) is 0 Å². The van der Waals surface area contributed by atoms with Crippen molar-refractivity contribution in [3.63, 3.8) is 0 Å². The Hall–Kier alpha value is -0.253. The van der Waals surface area contributed by atoms with Crippen LogP contribution < -0.4 is 16.4 Å². The van der Waals surface area contributed by atoms with Gasteiger partial charge in [-0.1, -0.05) is 0 Å². The summed E-state index contributed by atoms with van der Waals surface area (Å²) in [5.41, 5.74) is 5.29. The van der Waals surface area contributed by atoms with Gasteiger partial charge in [-0.2, -0.15) is 0 Å². The first-order chi connectivity index (χ1) is 8.10. The first-order valence-corrected chi connectivity index (χ1v) is 7.83. The quantitative estimate of drug-likeness (QED) is 0.288. The SMILES string of the molecule is CO[Si](CCCNCCNC(N)=S)(OC)OC. The van der Waals surface area contributed by atoms with Crippen molar-refractivity contribution in [1.82, 2.24) is 10.6 Å². The number of nitrogens with two attached hydrogens (primary N) is 1. The van der Waals surface area contributed by atoms with Gasteiger partial charge in [0.15, 0.2) is 5.11 Å². The van der Waals surface area contributed by atoms with Gasteiger partial charge < -0.3 is 29.6 Å². The topological polar surface area (TPSA) is 77.8 Å². The van der Waals surface area contributed by atoms with E-state index in [9.17, 15) is 0 Å². The summed E-state index contributed by atoms with van der Waals surface area (Å²) >= 11 is 4.69. The summed E-state index contributed by atoms with van der Waals surface area (Å²) in [5, 5.41) is 6.46. The maximum Gasteiger partial charge on any atom is 0.500 e. The molecule has 0 unspecified atom stereocenters. The smallest absolute Gasteiger partial charge is 0.377 e. The predicted octanol–water partition coefficient (Wildman–Crippen LogP) is -0.323. The maximum atomic E-state index is 5.32. The van der Waals surface area contributed by atoms with E-state index in [0.29, 0.717) is 5.11 Å². The third kappa shape index (κ3) is 7.63. The van der Waals surface area contributed by atoms with Gasteiger partial charge in [0.05, 0.1) is 0 Å². The molecule has 0 heterocycles. The molecule has 4 N–H and O–H groups in total. The lowest BCUT2D eigenvalue weighted by molar-refractivity contribution is 0.123. The highest BCUT2D eigenvalue weighted by Crippen LogP contribution is 2.14. The second-order valence-corrected chi connectivity index (χ2v) is 6.97. The Balaban J connectivity index is 3.52. The van der Waals surface area contributed by atoms with E-state index in [0.717, 1.165) is 32.1 Å². The van der Waals surface area contributed by atoms with Crippen LogP contribution in [-0.2, 0) is 13.3 Å². The number of rotatable bonds is 10. The molecule has 17 heavy (non-hydrogen) atoms. The molecule has 0 aromatic carbocycles. The molecule has 0 aromatic rings. The van der Waals surface area contributed by atoms with Crippen LogP contribution in [0.2, 0.25) is 6.04 Å². The summed E-state index contributed by atoms with van der Waals surface area (Å²) in [4.78, 5) is 0. The molecule has 0 aliphatic rings. The maximum absolute atomic E-state index is 5.32. The zero-order valence-corrected chi connectivity index (χ0v) is 12.6. The molecular weight excluding hydrogens is 258 g/mol. The van der Waals surface area contributed by atoms with E-state index in [1.165, 1.54) is 0 Å². The summed E-state index contributed by atoms with van der Waals surface area (Å²) in [6, 6.07) is 0.798. The summed E-state index contributed by atoms with van der Waals surface area (Å²) in [7, 11) is 2.47. The Morgan fingerprint density at radius 3 is 2.18 bits per heavy atom. The largest absolute Gasteiger partial charge is 0.500 e. The highest BCUT2D eigenvalue weighted by Gasteiger charge is 2.36. The second-order valence-electron chi connectivity index (χ2n) is 3.44. The van der Waals surface area contributed by atoms with E-state index in [1.54, 1.807) is 21.3 Å². The normalized spacial score (nSPS) is 11.5. The van der Waals surface area contributed by atoms with Crippen LogP contribution in [0.15, 0.2) is 0 Å². The summed E-state index contributed by atoms with van der Waals surface area (Å²) < 4.78 is 15.9. The monoisotopic (exact) mass is 281 g/mol. The molecule has 0 bridgehead atoms.